The monoisotopic (exact) mass is 319 g/mol. The largest absolute Gasteiger partial charge is 0.307 e. The Kier molecular flexibility index (Phi) is 5.25. The molecule has 1 aromatic carbocycles. The van der Waals surface area contributed by atoms with Crippen molar-refractivity contribution in [1.29, 1.82) is 0 Å². The Hall–Kier alpha value is -0.420. The van der Waals surface area contributed by atoms with E-state index in [2.05, 4.69) is 41.4 Å². The molecule has 0 aliphatic rings. The second kappa shape index (κ2) is 6.23. The van der Waals surface area contributed by atoms with E-state index in [1.165, 1.54) is 6.07 Å². The van der Waals surface area contributed by atoms with Gasteiger partial charge in [0.15, 0.2) is 0 Å². The second-order valence-electron chi connectivity index (χ2n) is 3.33. The van der Waals surface area contributed by atoms with Gasteiger partial charge in [-0.05, 0) is 53.3 Å². The Labute approximate surface area is 104 Å². The average Bonchev–Trinajstić information content (AvgIpc) is 2.21. The number of hydrogen-bond donors (Lipinski definition) is 1. The van der Waals surface area contributed by atoms with Gasteiger partial charge in [0, 0.05) is 3.57 Å². The molecule has 1 rings (SSSR count). The van der Waals surface area contributed by atoms with E-state index >= 15 is 0 Å². The molecule has 0 aliphatic heterocycles. The first-order valence-electron chi connectivity index (χ1n) is 5.00. The van der Waals surface area contributed by atoms with Gasteiger partial charge in [0.25, 0.3) is 0 Å². The van der Waals surface area contributed by atoms with Crippen LogP contribution in [0, 0.1) is 9.39 Å². The Balaban J connectivity index is 2.86. The summed E-state index contributed by atoms with van der Waals surface area (Å²) in [6.45, 7) is 6.84. The summed E-state index contributed by atoms with van der Waals surface area (Å²) in [4.78, 5) is 0. The van der Waals surface area contributed by atoms with Crippen molar-refractivity contribution >= 4 is 22.6 Å². The Morgan fingerprint density at radius 3 is 2.87 bits per heavy atom. The standard InChI is InChI=1S/C12H15FIN/c1-3-7-15-12(4-2)10-6-5-9(13)8-11(10)14/h4-6,8,12,15H,2-3,7H2,1H3. The molecule has 1 atom stereocenters. The van der Waals surface area contributed by atoms with Gasteiger partial charge in [-0.15, -0.1) is 6.58 Å². The summed E-state index contributed by atoms with van der Waals surface area (Å²) in [5.74, 6) is -0.193. The van der Waals surface area contributed by atoms with Crippen molar-refractivity contribution in [3.8, 4) is 0 Å². The molecule has 15 heavy (non-hydrogen) atoms. The molecule has 0 saturated heterocycles. The Morgan fingerprint density at radius 2 is 2.33 bits per heavy atom. The zero-order valence-electron chi connectivity index (χ0n) is 8.76. The maximum Gasteiger partial charge on any atom is 0.124 e. The third-order valence-electron chi connectivity index (χ3n) is 2.15. The van der Waals surface area contributed by atoms with E-state index in [1.807, 2.05) is 12.1 Å². The first-order valence-corrected chi connectivity index (χ1v) is 6.07. The summed E-state index contributed by atoms with van der Waals surface area (Å²) in [5, 5.41) is 3.35. The van der Waals surface area contributed by atoms with Gasteiger partial charge < -0.3 is 5.32 Å². The summed E-state index contributed by atoms with van der Waals surface area (Å²) < 4.78 is 13.8. The highest BCUT2D eigenvalue weighted by molar-refractivity contribution is 14.1. The molecule has 1 N–H and O–H groups in total. The van der Waals surface area contributed by atoms with Gasteiger partial charge in [0.1, 0.15) is 5.82 Å². The van der Waals surface area contributed by atoms with Crippen LogP contribution in [0.5, 0.6) is 0 Å². The first-order chi connectivity index (χ1) is 7.19. The third-order valence-corrected chi connectivity index (χ3v) is 3.08. The topological polar surface area (TPSA) is 12.0 Å². The van der Waals surface area contributed by atoms with Gasteiger partial charge in [0.05, 0.1) is 6.04 Å². The minimum Gasteiger partial charge on any atom is -0.307 e. The van der Waals surface area contributed by atoms with Crippen LogP contribution < -0.4 is 5.32 Å². The van der Waals surface area contributed by atoms with Gasteiger partial charge in [-0.3, -0.25) is 0 Å². The normalized spacial score (nSPS) is 12.5. The zero-order chi connectivity index (χ0) is 11.3. The molecule has 0 saturated carbocycles. The van der Waals surface area contributed by atoms with Crippen molar-refractivity contribution in [3.05, 3.63) is 45.8 Å². The van der Waals surface area contributed by atoms with Crippen molar-refractivity contribution in [2.45, 2.75) is 19.4 Å². The van der Waals surface area contributed by atoms with E-state index in [4.69, 9.17) is 0 Å². The molecule has 1 nitrogen and oxygen atoms in total. The fraction of sp³-hybridized carbons (Fsp3) is 0.333. The lowest BCUT2D eigenvalue weighted by Crippen LogP contribution is -2.21. The van der Waals surface area contributed by atoms with Crippen LogP contribution in [0.4, 0.5) is 4.39 Å². The van der Waals surface area contributed by atoms with E-state index in [-0.39, 0.29) is 11.9 Å². The molecule has 0 spiro atoms. The first kappa shape index (κ1) is 12.6. The van der Waals surface area contributed by atoms with Crippen LogP contribution in [0.15, 0.2) is 30.9 Å². The molecule has 0 aromatic heterocycles. The van der Waals surface area contributed by atoms with Crippen LogP contribution in [0.25, 0.3) is 0 Å². The van der Waals surface area contributed by atoms with Gasteiger partial charge in [-0.1, -0.05) is 19.1 Å². The Bertz CT molecular complexity index is 338. The molecule has 1 unspecified atom stereocenters. The summed E-state index contributed by atoms with van der Waals surface area (Å²) in [6.07, 6.45) is 2.92. The van der Waals surface area contributed by atoms with E-state index in [0.717, 1.165) is 22.1 Å². The highest BCUT2D eigenvalue weighted by atomic mass is 127. The number of rotatable bonds is 5. The zero-order valence-corrected chi connectivity index (χ0v) is 10.9. The molecule has 0 radical (unpaired) electrons. The fourth-order valence-corrected chi connectivity index (χ4v) is 2.19. The van der Waals surface area contributed by atoms with E-state index < -0.39 is 0 Å². The summed E-state index contributed by atoms with van der Waals surface area (Å²) in [7, 11) is 0. The lowest BCUT2D eigenvalue weighted by atomic mass is 10.1. The molecule has 1 aromatic rings. The van der Waals surface area contributed by atoms with Crippen LogP contribution in [0.2, 0.25) is 0 Å². The van der Waals surface area contributed by atoms with Crippen LogP contribution in [-0.2, 0) is 0 Å². The minimum absolute atomic E-state index is 0.109. The molecule has 0 fully saturated rings. The number of nitrogens with one attached hydrogen (secondary N) is 1. The smallest absolute Gasteiger partial charge is 0.124 e. The number of hydrogen-bond acceptors (Lipinski definition) is 1. The molecular formula is C12H15FIN. The molecule has 3 heteroatoms. The van der Waals surface area contributed by atoms with E-state index in [9.17, 15) is 4.39 Å². The fourth-order valence-electron chi connectivity index (χ4n) is 1.37. The predicted molar refractivity (Wildman–Crippen MR) is 70.3 cm³/mol. The molecule has 0 bridgehead atoms. The van der Waals surface area contributed by atoms with Crippen LogP contribution in [-0.4, -0.2) is 6.54 Å². The molecule has 82 valence electrons. The molecule has 0 heterocycles. The summed E-state index contributed by atoms with van der Waals surface area (Å²) in [6, 6.07) is 4.95. The van der Waals surface area contributed by atoms with Crippen molar-refractivity contribution in [2.24, 2.45) is 0 Å². The van der Waals surface area contributed by atoms with Crippen molar-refractivity contribution in [1.82, 2.24) is 5.32 Å². The highest BCUT2D eigenvalue weighted by Crippen LogP contribution is 2.21. The number of benzene rings is 1. The van der Waals surface area contributed by atoms with E-state index in [1.54, 1.807) is 6.07 Å². The average molecular weight is 319 g/mol. The predicted octanol–water partition coefficient (Wildman–Crippen LogP) is 3.66. The SMILES string of the molecule is C=CC(NCCC)c1ccc(F)cc1I. The van der Waals surface area contributed by atoms with Crippen LogP contribution in [0.3, 0.4) is 0 Å². The third kappa shape index (κ3) is 3.57. The minimum atomic E-state index is -0.193. The van der Waals surface area contributed by atoms with Gasteiger partial charge in [-0.25, -0.2) is 4.39 Å². The highest BCUT2D eigenvalue weighted by Gasteiger charge is 2.10. The van der Waals surface area contributed by atoms with E-state index in [0.29, 0.717) is 0 Å². The van der Waals surface area contributed by atoms with Crippen molar-refractivity contribution in [2.75, 3.05) is 6.54 Å². The molecule has 0 amide bonds. The maximum atomic E-state index is 12.9. The van der Waals surface area contributed by atoms with Crippen LogP contribution in [0.1, 0.15) is 24.9 Å². The maximum absolute atomic E-state index is 12.9. The quantitative estimate of drug-likeness (QED) is 0.645. The van der Waals surface area contributed by atoms with Crippen molar-refractivity contribution < 1.29 is 4.39 Å². The lowest BCUT2D eigenvalue weighted by Gasteiger charge is -2.16. The summed E-state index contributed by atoms with van der Waals surface area (Å²) >= 11 is 2.15. The lowest BCUT2D eigenvalue weighted by molar-refractivity contribution is 0.602. The molecule has 0 aliphatic carbocycles. The Morgan fingerprint density at radius 1 is 1.60 bits per heavy atom. The van der Waals surface area contributed by atoms with Gasteiger partial charge in [-0.2, -0.15) is 0 Å². The summed E-state index contributed by atoms with van der Waals surface area (Å²) in [5.41, 5.74) is 1.08. The second-order valence-corrected chi connectivity index (χ2v) is 4.50. The molecular weight excluding hydrogens is 304 g/mol. The van der Waals surface area contributed by atoms with Gasteiger partial charge in [0.2, 0.25) is 0 Å². The van der Waals surface area contributed by atoms with Crippen molar-refractivity contribution in [3.63, 3.8) is 0 Å². The van der Waals surface area contributed by atoms with Gasteiger partial charge >= 0.3 is 0 Å². The number of halogens is 2. The van der Waals surface area contributed by atoms with Crippen LogP contribution >= 0.6 is 22.6 Å².